The van der Waals surface area contributed by atoms with E-state index in [-0.39, 0.29) is 26.8 Å². The minimum atomic E-state index is -3.90. The molecule has 3 rings (SSSR count). The summed E-state index contributed by atoms with van der Waals surface area (Å²) in [6.07, 6.45) is 1.23. The predicted molar refractivity (Wildman–Crippen MR) is 90.3 cm³/mol. The van der Waals surface area contributed by atoms with Crippen LogP contribution >= 0.6 is 23.2 Å². The first-order valence-electron chi connectivity index (χ1n) is 7.08. The van der Waals surface area contributed by atoms with Gasteiger partial charge in [0.1, 0.15) is 10.7 Å². The van der Waals surface area contributed by atoms with Gasteiger partial charge in [-0.05, 0) is 61.7 Å². The average Bonchev–Trinajstić information content (AvgIpc) is 2.49. The zero-order valence-electron chi connectivity index (χ0n) is 12.3. The molecule has 0 fully saturated rings. The van der Waals surface area contributed by atoms with Gasteiger partial charge in [0.05, 0.1) is 10.7 Å². The number of fused-ring (bicyclic) bond motifs is 1. The van der Waals surface area contributed by atoms with Crippen LogP contribution in [0.5, 0.6) is 0 Å². The molecule has 2 aromatic carbocycles. The Kier molecular flexibility index (Phi) is 4.29. The maximum Gasteiger partial charge on any atom is 0.266 e. The number of nitrogens with zero attached hydrogens (tertiary/aromatic N) is 1. The molecule has 0 amide bonds. The first-order valence-corrected chi connectivity index (χ1v) is 9.28. The van der Waals surface area contributed by atoms with E-state index in [0.29, 0.717) is 24.1 Å². The molecule has 0 radical (unpaired) electrons. The third kappa shape index (κ3) is 2.93. The fourth-order valence-corrected chi connectivity index (χ4v) is 5.30. The van der Waals surface area contributed by atoms with Crippen LogP contribution in [0.4, 0.5) is 10.1 Å². The van der Waals surface area contributed by atoms with Crippen LogP contribution in [-0.4, -0.2) is 14.5 Å². The molecule has 0 aromatic heterocycles. The van der Waals surface area contributed by atoms with Crippen molar-refractivity contribution in [3.63, 3.8) is 0 Å². The highest BCUT2D eigenvalue weighted by atomic mass is 35.5. The smallest absolute Gasteiger partial charge is 0.263 e. The predicted octanol–water partition coefficient (Wildman–Crippen LogP) is 4.66. The molecule has 0 unspecified atom stereocenters. The van der Waals surface area contributed by atoms with E-state index in [1.807, 2.05) is 6.92 Å². The number of hydrogen-bond donors (Lipinski definition) is 0. The highest BCUT2D eigenvalue weighted by Crippen LogP contribution is 2.37. The summed E-state index contributed by atoms with van der Waals surface area (Å²) in [6.45, 7) is 1.82. The molecule has 7 heteroatoms. The van der Waals surface area contributed by atoms with E-state index in [4.69, 9.17) is 23.2 Å². The zero-order chi connectivity index (χ0) is 16.8. The summed E-state index contributed by atoms with van der Waals surface area (Å²) < 4.78 is 41.0. The Hall–Kier alpha value is -1.30. The van der Waals surface area contributed by atoms with Gasteiger partial charge >= 0.3 is 0 Å². The highest BCUT2D eigenvalue weighted by Gasteiger charge is 2.35. The average molecular weight is 374 g/mol. The summed E-state index contributed by atoms with van der Waals surface area (Å²) in [5, 5.41) is 0.396. The lowest BCUT2D eigenvalue weighted by atomic mass is 9.99. The van der Waals surface area contributed by atoms with Crippen molar-refractivity contribution in [1.29, 1.82) is 0 Å². The number of sulfonamides is 1. The van der Waals surface area contributed by atoms with Gasteiger partial charge in [-0.15, -0.1) is 0 Å². The van der Waals surface area contributed by atoms with Crippen molar-refractivity contribution in [3.8, 4) is 0 Å². The van der Waals surface area contributed by atoms with Crippen LogP contribution in [0.25, 0.3) is 0 Å². The molecule has 0 aliphatic carbocycles. The Morgan fingerprint density at radius 2 is 1.91 bits per heavy atom. The Bertz CT molecular complexity index is 870. The summed E-state index contributed by atoms with van der Waals surface area (Å²) in [5.74, 6) is -0.378. The van der Waals surface area contributed by atoms with E-state index in [2.05, 4.69) is 0 Å². The molecule has 3 nitrogen and oxygen atoms in total. The lowest BCUT2D eigenvalue weighted by Gasteiger charge is -2.36. The molecular formula is C16H14Cl2FNO2S. The van der Waals surface area contributed by atoms with Gasteiger partial charge in [-0.25, -0.2) is 12.8 Å². The molecule has 1 atom stereocenters. The standard InChI is InChI=1S/C16H14Cl2FNO2S/c1-10-2-3-11-8-13(19)5-7-15(11)20(10)23(21,22)16-9-12(17)4-6-14(16)18/h4-10H,2-3H2,1H3/t10-/m1/s1. The third-order valence-corrected chi connectivity index (χ3v) is 6.59. The number of benzene rings is 2. The van der Waals surface area contributed by atoms with Crippen molar-refractivity contribution < 1.29 is 12.8 Å². The topological polar surface area (TPSA) is 37.4 Å². The third-order valence-electron chi connectivity index (χ3n) is 3.94. The first kappa shape index (κ1) is 16.6. The quantitative estimate of drug-likeness (QED) is 0.767. The summed E-state index contributed by atoms with van der Waals surface area (Å²) in [5.41, 5.74) is 1.16. The molecule has 0 saturated heterocycles. The molecule has 0 bridgehead atoms. The normalized spacial score (nSPS) is 17.9. The zero-order valence-corrected chi connectivity index (χ0v) is 14.6. The van der Waals surface area contributed by atoms with Crippen LogP contribution in [0.3, 0.4) is 0 Å². The molecule has 0 N–H and O–H groups in total. The van der Waals surface area contributed by atoms with E-state index in [1.165, 1.54) is 40.7 Å². The number of rotatable bonds is 2. The van der Waals surface area contributed by atoms with E-state index in [9.17, 15) is 12.8 Å². The van der Waals surface area contributed by atoms with Crippen molar-refractivity contribution >= 4 is 38.9 Å². The molecular weight excluding hydrogens is 360 g/mol. The summed E-state index contributed by atoms with van der Waals surface area (Å²) in [4.78, 5) is -0.0457. The van der Waals surface area contributed by atoms with Crippen LogP contribution in [0, 0.1) is 5.82 Å². The van der Waals surface area contributed by atoms with Crippen molar-refractivity contribution in [3.05, 3.63) is 57.8 Å². The number of anilines is 1. The molecule has 0 saturated carbocycles. The van der Waals surface area contributed by atoms with Gasteiger partial charge < -0.3 is 0 Å². The van der Waals surface area contributed by atoms with E-state index >= 15 is 0 Å². The van der Waals surface area contributed by atoms with Crippen LogP contribution < -0.4 is 4.31 Å². The Labute approximate surface area is 144 Å². The summed E-state index contributed by atoms with van der Waals surface area (Å²) >= 11 is 12.0. The van der Waals surface area contributed by atoms with Crippen molar-refractivity contribution in [2.75, 3.05) is 4.31 Å². The lowest BCUT2D eigenvalue weighted by Crippen LogP contribution is -2.42. The van der Waals surface area contributed by atoms with Gasteiger partial charge in [0.2, 0.25) is 0 Å². The van der Waals surface area contributed by atoms with Gasteiger partial charge in [0, 0.05) is 11.1 Å². The molecule has 1 aliphatic rings. The Morgan fingerprint density at radius 1 is 1.17 bits per heavy atom. The van der Waals surface area contributed by atoms with Gasteiger partial charge in [0.25, 0.3) is 10.0 Å². The van der Waals surface area contributed by atoms with Crippen LogP contribution in [-0.2, 0) is 16.4 Å². The van der Waals surface area contributed by atoms with Crippen molar-refractivity contribution in [1.82, 2.24) is 0 Å². The monoisotopic (exact) mass is 373 g/mol. The minimum Gasteiger partial charge on any atom is -0.263 e. The molecule has 1 aliphatic heterocycles. The summed E-state index contributed by atoms with van der Waals surface area (Å²) in [7, 11) is -3.90. The van der Waals surface area contributed by atoms with Gasteiger partial charge in [0.15, 0.2) is 0 Å². The van der Waals surface area contributed by atoms with E-state index < -0.39 is 10.0 Å². The first-order chi connectivity index (χ1) is 10.8. The molecule has 122 valence electrons. The van der Waals surface area contributed by atoms with Crippen LogP contribution in [0.2, 0.25) is 10.0 Å². The fourth-order valence-electron chi connectivity index (χ4n) is 2.84. The second-order valence-corrected chi connectivity index (χ2v) is 8.16. The van der Waals surface area contributed by atoms with Gasteiger partial charge in [-0.3, -0.25) is 4.31 Å². The lowest BCUT2D eigenvalue weighted by molar-refractivity contribution is 0.560. The number of halogens is 3. The molecule has 23 heavy (non-hydrogen) atoms. The van der Waals surface area contributed by atoms with E-state index in [0.717, 1.165) is 0 Å². The second kappa shape index (κ2) is 5.96. The molecule has 1 heterocycles. The van der Waals surface area contributed by atoms with Crippen molar-refractivity contribution in [2.24, 2.45) is 0 Å². The SMILES string of the molecule is C[C@@H]1CCc2cc(F)ccc2N1S(=O)(=O)c1cc(Cl)ccc1Cl. The Morgan fingerprint density at radius 3 is 2.65 bits per heavy atom. The van der Waals surface area contributed by atoms with E-state index in [1.54, 1.807) is 0 Å². The van der Waals surface area contributed by atoms with Gasteiger partial charge in [-0.1, -0.05) is 23.2 Å². The van der Waals surface area contributed by atoms with Crippen LogP contribution in [0.15, 0.2) is 41.3 Å². The second-order valence-electron chi connectivity index (χ2n) is 5.54. The molecule has 0 spiro atoms. The fraction of sp³-hybridized carbons (Fsp3) is 0.250. The van der Waals surface area contributed by atoms with Crippen LogP contribution in [0.1, 0.15) is 18.9 Å². The highest BCUT2D eigenvalue weighted by molar-refractivity contribution is 7.93. The largest absolute Gasteiger partial charge is 0.266 e. The maximum atomic E-state index is 13.4. The number of aryl methyl sites for hydroxylation is 1. The minimum absolute atomic E-state index is 0.0457. The Balaban J connectivity index is 2.19. The maximum absolute atomic E-state index is 13.4. The summed E-state index contributed by atoms with van der Waals surface area (Å²) in [6, 6.07) is 8.21. The number of hydrogen-bond acceptors (Lipinski definition) is 2. The molecule has 2 aromatic rings. The van der Waals surface area contributed by atoms with Crippen molar-refractivity contribution in [2.45, 2.75) is 30.7 Å². The van der Waals surface area contributed by atoms with Gasteiger partial charge in [-0.2, -0.15) is 0 Å².